The van der Waals surface area contributed by atoms with Gasteiger partial charge in [0.15, 0.2) is 0 Å². The number of rotatable bonds is 6. The summed E-state index contributed by atoms with van der Waals surface area (Å²) < 4.78 is 6.94. The molecule has 0 spiro atoms. The molecule has 4 bridgehead atoms. The largest absolute Gasteiger partial charge is 0.383 e. The Morgan fingerprint density at radius 2 is 1.92 bits per heavy atom. The Labute approximate surface area is 149 Å². The highest BCUT2D eigenvalue weighted by atomic mass is 16.5. The van der Waals surface area contributed by atoms with Gasteiger partial charge in [0, 0.05) is 33.8 Å². The maximum absolute atomic E-state index is 13.0. The fourth-order valence-corrected chi connectivity index (χ4v) is 5.77. The molecule has 1 aromatic heterocycles. The lowest BCUT2D eigenvalue weighted by Crippen LogP contribution is -2.55. The highest BCUT2D eigenvalue weighted by Gasteiger charge is 2.48. The number of hydrogen-bond acceptors (Lipinski definition) is 4. The number of likely N-dealkylation sites (N-methyl/N-ethyl adjacent to an activating group) is 1. The van der Waals surface area contributed by atoms with Crippen LogP contribution in [0.2, 0.25) is 0 Å². The second kappa shape index (κ2) is 6.63. The third-order valence-electron chi connectivity index (χ3n) is 6.67. The summed E-state index contributed by atoms with van der Waals surface area (Å²) in [6.45, 7) is 1.35. The van der Waals surface area contributed by atoms with Gasteiger partial charge in [0.25, 0.3) is 5.91 Å². The molecule has 0 saturated heterocycles. The van der Waals surface area contributed by atoms with Crippen molar-refractivity contribution in [2.75, 3.05) is 32.2 Å². The molecule has 1 amide bonds. The van der Waals surface area contributed by atoms with Crippen LogP contribution in [0, 0.1) is 23.7 Å². The second-order valence-corrected chi connectivity index (χ2v) is 8.35. The summed E-state index contributed by atoms with van der Waals surface area (Å²) in [5.74, 6) is 4.11. The summed E-state index contributed by atoms with van der Waals surface area (Å²) in [6.07, 6.45) is 8.38. The third-order valence-corrected chi connectivity index (χ3v) is 6.67. The van der Waals surface area contributed by atoms with Crippen LogP contribution < -0.4 is 10.2 Å². The van der Waals surface area contributed by atoms with Crippen molar-refractivity contribution in [3.8, 4) is 0 Å². The van der Waals surface area contributed by atoms with E-state index in [1.807, 2.05) is 19.0 Å². The zero-order chi connectivity index (χ0) is 17.6. The number of amides is 1. The molecule has 5 rings (SSSR count). The van der Waals surface area contributed by atoms with Gasteiger partial charge in [0.1, 0.15) is 11.4 Å². The van der Waals surface area contributed by atoms with E-state index in [0.29, 0.717) is 30.0 Å². The Balaban J connectivity index is 1.48. The van der Waals surface area contributed by atoms with Crippen LogP contribution >= 0.6 is 0 Å². The molecule has 1 heterocycles. The first-order valence-electron chi connectivity index (χ1n) is 9.59. The molecular formula is C19H30N4O2. The number of nitrogens with one attached hydrogen (secondary N) is 1. The van der Waals surface area contributed by atoms with Crippen LogP contribution in [0.4, 0.5) is 5.82 Å². The number of methoxy groups -OCH3 is 1. The van der Waals surface area contributed by atoms with E-state index in [9.17, 15) is 4.79 Å². The van der Waals surface area contributed by atoms with Crippen LogP contribution in [-0.2, 0) is 11.8 Å². The number of nitrogens with zero attached hydrogens (tertiary/aromatic N) is 3. The van der Waals surface area contributed by atoms with Crippen molar-refractivity contribution in [1.82, 2.24) is 15.1 Å². The fraction of sp³-hybridized carbons (Fsp3) is 0.789. The molecule has 25 heavy (non-hydrogen) atoms. The first-order valence-corrected chi connectivity index (χ1v) is 9.59. The zero-order valence-corrected chi connectivity index (χ0v) is 15.6. The van der Waals surface area contributed by atoms with E-state index in [1.54, 1.807) is 18.0 Å². The van der Waals surface area contributed by atoms with Gasteiger partial charge in [-0.05, 0) is 55.8 Å². The molecule has 1 aromatic rings. The number of carbonyl (C=O) groups excluding carboxylic acids is 1. The molecular weight excluding hydrogens is 316 g/mol. The molecule has 0 unspecified atom stereocenters. The van der Waals surface area contributed by atoms with E-state index in [0.717, 1.165) is 24.2 Å². The molecule has 138 valence electrons. The lowest BCUT2D eigenvalue weighted by atomic mass is 9.54. The van der Waals surface area contributed by atoms with Crippen molar-refractivity contribution in [3.05, 3.63) is 11.8 Å². The normalized spacial score (nSPS) is 32.8. The lowest BCUT2D eigenvalue weighted by molar-refractivity contribution is -0.0119. The monoisotopic (exact) mass is 346 g/mol. The number of hydrogen-bond donors (Lipinski definition) is 1. The fourth-order valence-electron chi connectivity index (χ4n) is 5.77. The van der Waals surface area contributed by atoms with Gasteiger partial charge in [0.05, 0.1) is 12.8 Å². The number of ether oxygens (including phenoxy) is 1. The maximum Gasteiger partial charge on any atom is 0.256 e. The first-order chi connectivity index (χ1) is 12.1. The minimum absolute atomic E-state index is 0.0323. The van der Waals surface area contributed by atoms with E-state index >= 15 is 0 Å². The quantitative estimate of drug-likeness (QED) is 0.856. The molecule has 6 heteroatoms. The molecule has 6 nitrogen and oxygen atoms in total. The molecule has 0 atom stereocenters. The molecule has 0 aliphatic heterocycles. The third kappa shape index (κ3) is 3.05. The smallest absolute Gasteiger partial charge is 0.256 e. The molecule has 1 N–H and O–H groups in total. The van der Waals surface area contributed by atoms with Crippen molar-refractivity contribution in [2.45, 2.75) is 38.1 Å². The number of carbonyl (C=O) groups is 1. The van der Waals surface area contributed by atoms with E-state index in [-0.39, 0.29) is 5.91 Å². The SMILES string of the molecule is COCCN(C)c1c(C(=O)NC2C3CC4CC(C3)CC2C4)cnn1C. The van der Waals surface area contributed by atoms with Gasteiger partial charge in [-0.15, -0.1) is 0 Å². The Kier molecular flexibility index (Phi) is 4.48. The topological polar surface area (TPSA) is 59.4 Å². The van der Waals surface area contributed by atoms with Gasteiger partial charge < -0.3 is 15.0 Å². The van der Waals surface area contributed by atoms with E-state index in [1.165, 1.54) is 32.1 Å². The lowest BCUT2D eigenvalue weighted by Gasteiger charge is -2.54. The van der Waals surface area contributed by atoms with Crippen molar-refractivity contribution in [1.29, 1.82) is 0 Å². The van der Waals surface area contributed by atoms with Crippen molar-refractivity contribution in [3.63, 3.8) is 0 Å². The van der Waals surface area contributed by atoms with Gasteiger partial charge in [0.2, 0.25) is 0 Å². The molecule has 4 saturated carbocycles. The summed E-state index contributed by atoms with van der Waals surface area (Å²) in [6, 6.07) is 0.359. The van der Waals surface area contributed by atoms with Crippen LogP contribution in [0.25, 0.3) is 0 Å². The predicted molar refractivity (Wildman–Crippen MR) is 96.7 cm³/mol. The Hall–Kier alpha value is -1.56. The van der Waals surface area contributed by atoms with E-state index < -0.39 is 0 Å². The van der Waals surface area contributed by atoms with Crippen molar-refractivity contribution < 1.29 is 9.53 Å². The summed E-state index contributed by atoms with van der Waals surface area (Å²) in [5.41, 5.74) is 0.676. The Morgan fingerprint density at radius 3 is 2.52 bits per heavy atom. The average molecular weight is 346 g/mol. The van der Waals surface area contributed by atoms with Crippen LogP contribution in [0.1, 0.15) is 42.5 Å². The van der Waals surface area contributed by atoms with Crippen molar-refractivity contribution >= 4 is 11.7 Å². The van der Waals surface area contributed by atoms with Crippen molar-refractivity contribution in [2.24, 2.45) is 30.7 Å². The number of aryl methyl sites for hydroxylation is 1. The van der Waals surface area contributed by atoms with Gasteiger partial charge >= 0.3 is 0 Å². The van der Waals surface area contributed by atoms with Crippen LogP contribution in [0.3, 0.4) is 0 Å². The van der Waals surface area contributed by atoms with E-state index in [4.69, 9.17) is 4.74 Å². The summed E-state index contributed by atoms with van der Waals surface area (Å²) in [5, 5.41) is 7.72. The van der Waals surface area contributed by atoms with Gasteiger partial charge in [-0.1, -0.05) is 0 Å². The summed E-state index contributed by atoms with van der Waals surface area (Å²) in [4.78, 5) is 15.1. The molecule has 4 fully saturated rings. The number of anilines is 1. The minimum Gasteiger partial charge on any atom is -0.383 e. The minimum atomic E-state index is 0.0323. The molecule has 0 aromatic carbocycles. The predicted octanol–water partition coefficient (Wildman–Crippen LogP) is 2.06. The number of aromatic nitrogens is 2. The highest BCUT2D eigenvalue weighted by molar-refractivity contribution is 5.99. The van der Waals surface area contributed by atoms with Gasteiger partial charge in [-0.25, -0.2) is 0 Å². The highest BCUT2D eigenvalue weighted by Crippen LogP contribution is 2.53. The standard InChI is InChI=1S/C19H30N4O2/c1-22(4-5-25-3)19-16(11-20-23(19)2)18(24)21-17-14-7-12-6-13(9-14)10-15(17)8-12/h11-15,17H,4-10H2,1-3H3,(H,21,24). The van der Waals surface area contributed by atoms with E-state index in [2.05, 4.69) is 10.4 Å². The average Bonchev–Trinajstić information content (AvgIpc) is 2.97. The Bertz CT molecular complexity index is 613. The zero-order valence-electron chi connectivity index (χ0n) is 15.6. The second-order valence-electron chi connectivity index (χ2n) is 8.35. The maximum atomic E-state index is 13.0. The van der Waals surface area contributed by atoms with Crippen LogP contribution in [0.5, 0.6) is 0 Å². The molecule has 4 aliphatic carbocycles. The van der Waals surface area contributed by atoms with Gasteiger partial charge in [-0.2, -0.15) is 5.10 Å². The molecule has 0 radical (unpaired) electrons. The summed E-state index contributed by atoms with van der Waals surface area (Å²) >= 11 is 0. The summed E-state index contributed by atoms with van der Waals surface area (Å²) in [7, 11) is 5.56. The van der Waals surface area contributed by atoms with Crippen LogP contribution in [-0.4, -0.2) is 49.0 Å². The molecule has 4 aliphatic rings. The van der Waals surface area contributed by atoms with Crippen LogP contribution in [0.15, 0.2) is 6.20 Å². The Morgan fingerprint density at radius 1 is 1.28 bits per heavy atom. The van der Waals surface area contributed by atoms with Gasteiger partial charge in [-0.3, -0.25) is 9.48 Å². The first kappa shape index (κ1) is 16.9.